The molecule has 2 aromatic heterocycles. The molecule has 1 aliphatic heterocycles. The number of methoxy groups -OCH3 is 1. The van der Waals surface area contributed by atoms with Crippen LogP contribution in [0.3, 0.4) is 0 Å². The quantitative estimate of drug-likeness (QED) is 0.110. The van der Waals surface area contributed by atoms with Crippen LogP contribution in [0.15, 0.2) is 63.4 Å². The normalized spacial score (nSPS) is 22.2. The SMILES string of the molecule is COc1cc(-c2oc3cc(=[OH+])cc4oc(-c5ccc(O)cc5)cc(c2O[C@@H]2O[C@H](CO)[C@@H](O)[C@H](O)[C@H]2O)c43)cc(O)c1O. The second kappa shape index (κ2) is 10.8. The molecule has 13 heteroatoms. The Morgan fingerprint density at radius 3 is 2.21 bits per heavy atom. The van der Waals surface area contributed by atoms with E-state index < -0.39 is 48.8 Å². The van der Waals surface area contributed by atoms with Gasteiger partial charge in [0.1, 0.15) is 47.1 Å². The first-order chi connectivity index (χ1) is 20.6. The minimum Gasteiger partial charge on any atom is -0.508 e. The Morgan fingerprint density at radius 2 is 1.53 bits per heavy atom. The Bertz CT molecular complexity index is 1870. The summed E-state index contributed by atoms with van der Waals surface area (Å²) in [5.74, 6) is -1.11. The van der Waals surface area contributed by atoms with E-state index >= 15 is 0 Å². The molecule has 5 aromatic rings. The van der Waals surface area contributed by atoms with E-state index in [-0.39, 0.29) is 50.9 Å². The van der Waals surface area contributed by atoms with Gasteiger partial charge in [0.15, 0.2) is 23.0 Å². The Balaban J connectivity index is 1.66. The van der Waals surface area contributed by atoms with E-state index in [0.717, 1.165) is 0 Å². The smallest absolute Gasteiger partial charge is 0.347 e. The number of hydrogen-bond donors (Lipinski definition) is 7. The standard InChI is InChI=1S/C30H26O13/c1-39-21-7-13(6-17(34)24(21)35)28-29(43-30-27(38)26(37)25(36)22(11-31)42-30)16-10-18(12-2-4-14(32)5-3-12)40-19-8-15(33)9-20(41-28)23(16)19/h2-10,22,25-27,30-32,34-38H,11H2,1H3/p+1/t22-,25-,26+,27-,30+/m1/s1. The number of phenols is 3. The van der Waals surface area contributed by atoms with Crippen LogP contribution in [0.25, 0.3) is 44.6 Å². The van der Waals surface area contributed by atoms with Gasteiger partial charge < -0.3 is 58.8 Å². The number of ether oxygens (including phenoxy) is 3. The topological polar surface area (TPSA) is 217 Å². The van der Waals surface area contributed by atoms with Crippen LogP contribution in [0.5, 0.6) is 28.7 Å². The maximum atomic E-state index is 10.8. The van der Waals surface area contributed by atoms with Gasteiger partial charge in [0.25, 0.3) is 0 Å². The molecule has 5 atom stereocenters. The highest BCUT2D eigenvalue weighted by Gasteiger charge is 2.45. The summed E-state index contributed by atoms with van der Waals surface area (Å²) in [4.78, 5) is 10.5. The van der Waals surface area contributed by atoms with Crippen molar-refractivity contribution in [2.45, 2.75) is 30.7 Å². The van der Waals surface area contributed by atoms with Gasteiger partial charge in [0.2, 0.25) is 12.0 Å². The molecule has 1 fully saturated rings. The number of phenolic OH excluding ortho intramolecular Hbond substituents is 3. The summed E-state index contributed by atoms with van der Waals surface area (Å²) in [6, 6.07) is 12.9. The fourth-order valence-corrected chi connectivity index (χ4v) is 5.05. The average Bonchev–Trinajstić information content (AvgIpc) is 2.99. The number of hydrogen-bond acceptors (Lipinski definition) is 12. The van der Waals surface area contributed by atoms with Gasteiger partial charge in [-0.2, -0.15) is 0 Å². The molecule has 3 aromatic carbocycles. The first-order valence-corrected chi connectivity index (χ1v) is 13.0. The third kappa shape index (κ3) is 4.88. The molecule has 0 radical (unpaired) electrons. The van der Waals surface area contributed by atoms with Crippen molar-refractivity contribution in [2.75, 3.05) is 13.7 Å². The highest BCUT2D eigenvalue weighted by molar-refractivity contribution is 6.10. The summed E-state index contributed by atoms with van der Waals surface area (Å²) in [5.41, 5.74) is 0.735. The maximum Gasteiger partial charge on any atom is 0.347 e. The molecule has 0 aliphatic carbocycles. The minimum absolute atomic E-state index is 0.0223. The lowest BCUT2D eigenvalue weighted by Gasteiger charge is -2.39. The molecule has 0 saturated carbocycles. The molecule has 0 spiro atoms. The summed E-state index contributed by atoms with van der Waals surface area (Å²) >= 11 is 0. The summed E-state index contributed by atoms with van der Waals surface area (Å²) in [6.07, 6.45) is -8.08. The van der Waals surface area contributed by atoms with Crippen molar-refractivity contribution in [1.82, 2.24) is 0 Å². The largest absolute Gasteiger partial charge is 0.508 e. The van der Waals surface area contributed by atoms with Crippen LogP contribution in [0, 0.1) is 0 Å². The Labute approximate surface area is 241 Å². The van der Waals surface area contributed by atoms with E-state index in [1.165, 1.54) is 43.5 Å². The lowest BCUT2D eigenvalue weighted by atomic mass is 9.99. The Kier molecular flexibility index (Phi) is 7.12. The molecule has 0 bridgehead atoms. The first-order valence-electron chi connectivity index (χ1n) is 13.0. The van der Waals surface area contributed by atoms with Crippen LogP contribution < -0.4 is 14.9 Å². The molecule has 13 nitrogen and oxygen atoms in total. The molecule has 1 saturated heterocycles. The number of aliphatic hydroxyl groups is 4. The van der Waals surface area contributed by atoms with Crippen LogP contribution >= 0.6 is 0 Å². The van der Waals surface area contributed by atoms with Crippen LogP contribution in [0.1, 0.15) is 0 Å². The number of aliphatic hydroxyl groups excluding tert-OH is 4. The van der Waals surface area contributed by atoms with Crippen molar-refractivity contribution in [3.63, 3.8) is 0 Å². The predicted molar refractivity (Wildman–Crippen MR) is 148 cm³/mol. The number of benzene rings is 3. The molecule has 1 aliphatic rings. The lowest BCUT2D eigenvalue weighted by Crippen LogP contribution is -2.60. The van der Waals surface area contributed by atoms with E-state index in [1.807, 2.05) is 0 Å². The molecule has 224 valence electrons. The third-order valence-corrected chi connectivity index (χ3v) is 7.25. The first kappa shape index (κ1) is 28.3. The van der Waals surface area contributed by atoms with Crippen molar-refractivity contribution < 1.29 is 63.6 Å². The summed E-state index contributed by atoms with van der Waals surface area (Å²) in [7, 11) is 1.28. The van der Waals surface area contributed by atoms with E-state index in [4.69, 9.17) is 23.0 Å². The van der Waals surface area contributed by atoms with Gasteiger partial charge in [0.05, 0.1) is 31.2 Å². The van der Waals surface area contributed by atoms with Gasteiger partial charge in [-0.15, -0.1) is 0 Å². The van der Waals surface area contributed by atoms with Gasteiger partial charge in [0, 0.05) is 16.5 Å². The maximum absolute atomic E-state index is 10.8. The minimum atomic E-state index is -1.78. The molecule has 43 heavy (non-hydrogen) atoms. The van der Waals surface area contributed by atoms with Gasteiger partial charge in [-0.25, -0.2) is 0 Å². The molecular formula is C30H27O13+. The highest BCUT2D eigenvalue weighted by atomic mass is 16.7. The van der Waals surface area contributed by atoms with Gasteiger partial charge in [-0.05, 0) is 42.5 Å². The summed E-state index contributed by atoms with van der Waals surface area (Å²) in [5, 5.41) is 72.3. The third-order valence-electron chi connectivity index (χ3n) is 7.25. The van der Waals surface area contributed by atoms with Gasteiger partial charge >= 0.3 is 5.43 Å². The van der Waals surface area contributed by atoms with Crippen molar-refractivity contribution >= 4 is 21.9 Å². The van der Waals surface area contributed by atoms with E-state index in [9.17, 15) is 40.5 Å². The monoisotopic (exact) mass is 595 g/mol. The van der Waals surface area contributed by atoms with Crippen LogP contribution in [-0.4, -0.2) is 85.0 Å². The fourth-order valence-electron chi connectivity index (χ4n) is 5.05. The molecule has 0 amide bonds. The molecule has 6 rings (SSSR count). The molecule has 8 N–H and O–H groups in total. The highest BCUT2D eigenvalue weighted by Crippen LogP contribution is 2.47. The van der Waals surface area contributed by atoms with Crippen LogP contribution in [-0.2, 0) is 4.74 Å². The Hall–Kier alpha value is -4.79. The van der Waals surface area contributed by atoms with E-state index in [1.54, 1.807) is 18.2 Å². The van der Waals surface area contributed by atoms with Crippen molar-refractivity contribution in [3.05, 3.63) is 60.0 Å². The zero-order valence-corrected chi connectivity index (χ0v) is 22.4. The van der Waals surface area contributed by atoms with Crippen LogP contribution in [0.2, 0.25) is 0 Å². The predicted octanol–water partition coefficient (Wildman–Crippen LogP) is 1.82. The van der Waals surface area contributed by atoms with Gasteiger partial charge in [-0.3, -0.25) is 4.79 Å². The second-order valence-electron chi connectivity index (χ2n) is 10.0. The van der Waals surface area contributed by atoms with Crippen molar-refractivity contribution in [1.29, 1.82) is 0 Å². The van der Waals surface area contributed by atoms with Crippen molar-refractivity contribution in [2.24, 2.45) is 0 Å². The Morgan fingerprint density at radius 1 is 0.837 bits per heavy atom. The molecule has 3 heterocycles. The second-order valence-corrected chi connectivity index (χ2v) is 10.0. The average molecular weight is 596 g/mol. The molecular weight excluding hydrogens is 568 g/mol. The van der Waals surface area contributed by atoms with Gasteiger partial charge in [-0.1, -0.05) is 0 Å². The zero-order chi connectivity index (χ0) is 30.6. The van der Waals surface area contributed by atoms with Crippen molar-refractivity contribution in [3.8, 4) is 51.4 Å². The summed E-state index contributed by atoms with van der Waals surface area (Å²) in [6.45, 7) is -0.697. The van der Waals surface area contributed by atoms with E-state index in [0.29, 0.717) is 16.3 Å². The number of rotatable bonds is 6. The fraction of sp³-hybridized carbons (Fsp3) is 0.233. The summed E-state index contributed by atoms with van der Waals surface area (Å²) < 4.78 is 29.2. The van der Waals surface area contributed by atoms with E-state index in [2.05, 4.69) is 0 Å². The molecule has 0 unspecified atom stereocenters. The lowest BCUT2D eigenvalue weighted by molar-refractivity contribution is -0.277. The van der Waals surface area contributed by atoms with Crippen LogP contribution in [0.4, 0.5) is 0 Å². The number of aromatic hydroxyl groups is 3. The zero-order valence-electron chi connectivity index (χ0n) is 22.4.